The van der Waals surface area contributed by atoms with E-state index in [1.807, 2.05) is 57.3 Å². The third kappa shape index (κ3) is 7.64. The fourth-order valence-electron chi connectivity index (χ4n) is 2.46. The van der Waals surface area contributed by atoms with Crippen molar-refractivity contribution in [3.8, 4) is 0 Å². The van der Waals surface area contributed by atoms with Crippen LogP contribution < -0.4 is 0 Å². The monoisotopic (exact) mass is 420 g/mol. The Morgan fingerprint density at radius 1 is 1.21 bits per heavy atom. The molecule has 2 rings (SSSR count). The molecule has 0 N–H and O–H groups in total. The molecule has 0 aliphatic rings. The van der Waals surface area contributed by atoms with Crippen molar-refractivity contribution in [2.24, 2.45) is 0 Å². The van der Waals surface area contributed by atoms with Crippen LogP contribution >= 0.6 is 23.1 Å². The van der Waals surface area contributed by atoms with Crippen LogP contribution in [-0.2, 0) is 15.3 Å². The van der Waals surface area contributed by atoms with E-state index in [-0.39, 0.29) is 11.9 Å². The lowest BCUT2D eigenvalue weighted by atomic mass is 10.1. The number of carbonyl (C=O) groups is 2. The number of aromatic nitrogens is 1. The number of hydrogen-bond acceptors (Lipinski definition) is 6. The Labute approximate surface area is 175 Å². The summed E-state index contributed by atoms with van der Waals surface area (Å²) in [5, 5.41) is 2.04. The second kappa shape index (κ2) is 10.1. The number of thioether (sulfide) groups is 1. The molecule has 7 heteroatoms. The van der Waals surface area contributed by atoms with Gasteiger partial charge in [0.15, 0.2) is 0 Å². The quantitative estimate of drug-likeness (QED) is 0.447. The maximum absolute atomic E-state index is 12.5. The highest BCUT2D eigenvalue weighted by molar-refractivity contribution is 8.00. The molecule has 0 spiro atoms. The number of aryl methyl sites for hydroxylation is 1. The van der Waals surface area contributed by atoms with Crippen molar-refractivity contribution in [2.45, 2.75) is 56.2 Å². The van der Waals surface area contributed by atoms with Gasteiger partial charge < -0.3 is 9.64 Å². The number of hydrogen-bond donors (Lipinski definition) is 0. The first-order chi connectivity index (χ1) is 13.1. The number of amides is 1. The van der Waals surface area contributed by atoms with E-state index >= 15 is 0 Å². The standard InChI is InChI=1S/C21H28N2O3S2/c1-15-13-27-20(22-15)28-14-16-8-10-17(11-9-16)19(25)23(5)12-6-7-18(24)26-21(2,3)4/h8-11,13H,6-7,12,14H2,1-5H3. The molecule has 2 aromatic rings. The van der Waals surface area contributed by atoms with E-state index in [2.05, 4.69) is 4.98 Å². The molecule has 1 heterocycles. The third-order valence-electron chi connectivity index (χ3n) is 3.80. The molecular weight excluding hydrogens is 392 g/mol. The first kappa shape index (κ1) is 22.4. The summed E-state index contributed by atoms with van der Waals surface area (Å²) in [6.45, 7) is 8.05. The number of benzene rings is 1. The topological polar surface area (TPSA) is 59.5 Å². The summed E-state index contributed by atoms with van der Waals surface area (Å²) < 4.78 is 6.34. The van der Waals surface area contributed by atoms with E-state index in [1.165, 1.54) is 0 Å². The van der Waals surface area contributed by atoms with Crippen molar-refractivity contribution in [1.29, 1.82) is 0 Å². The van der Waals surface area contributed by atoms with Gasteiger partial charge in [-0.05, 0) is 51.8 Å². The van der Waals surface area contributed by atoms with Crippen LogP contribution in [0.2, 0.25) is 0 Å². The lowest BCUT2D eigenvalue weighted by Gasteiger charge is -2.20. The lowest BCUT2D eigenvalue weighted by Crippen LogP contribution is -2.29. The molecule has 0 fully saturated rings. The van der Waals surface area contributed by atoms with Gasteiger partial charge in [-0.2, -0.15) is 0 Å². The van der Waals surface area contributed by atoms with Gasteiger partial charge in [-0.3, -0.25) is 9.59 Å². The van der Waals surface area contributed by atoms with Crippen LogP contribution in [0.15, 0.2) is 34.0 Å². The summed E-state index contributed by atoms with van der Waals surface area (Å²) in [6.07, 6.45) is 0.889. The fraction of sp³-hybridized carbons (Fsp3) is 0.476. The van der Waals surface area contributed by atoms with Gasteiger partial charge in [0.2, 0.25) is 0 Å². The average Bonchev–Trinajstić information content (AvgIpc) is 3.03. The minimum atomic E-state index is -0.475. The largest absolute Gasteiger partial charge is 0.460 e. The Bertz CT molecular complexity index is 795. The first-order valence-electron chi connectivity index (χ1n) is 9.25. The van der Waals surface area contributed by atoms with Crippen LogP contribution in [0.5, 0.6) is 0 Å². The van der Waals surface area contributed by atoms with Crippen LogP contribution in [0.4, 0.5) is 0 Å². The zero-order valence-electron chi connectivity index (χ0n) is 17.2. The SMILES string of the molecule is Cc1csc(SCc2ccc(C(=O)N(C)CCCC(=O)OC(C)(C)C)cc2)n1. The number of ether oxygens (including phenoxy) is 1. The molecule has 5 nitrogen and oxygen atoms in total. The summed E-state index contributed by atoms with van der Waals surface area (Å²) in [5.41, 5.74) is 2.38. The van der Waals surface area contributed by atoms with Crippen molar-refractivity contribution in [1.82, 2.24) is 9.88 Å². The minimum Gasteiger partial charge on any atom is -0.460 e. The molecule has 1 aromatic carbocycles. The number of carbonyl (C=O) groups excluding carboxylic acids is 2. The molecule has 1 aromatic heterocycles. The summed E-state index contributed by atoms with van der Waals surface area (Å²) in [6, 6.07) is 7.68. The molecule has 1 amide bonds. The predicted molar refractivity (Wildman–Crippen MR) is 115 cm³/mol. The summed E-state index contributed by atoms with van der Waals surface area (Å²) in [5.74, 6) is 0.553. The molecule has 0 atom stereocenters. The first-order valence-corrected chi connectivity index (χ1v) is 11.1. The number of rotatable bonds is 8. The van der Waals surface area contributed by atoms with Gasteiger partial charge >= 0.3 is 5.97 Å². The Hall–Kier alpha value is -1.86. The molecule has 0 radical (unpaired) electrons. The Kier molecular flexibility index (Phi) is 8.07. The highest BCUT2D eigenvalue weighted by atomic mass is 32.2. The number of esters is 1. The maximum atomic E-state index is 12.5. The second-order valence-electron chi connectivity index (χ2n) is 7.66. The number of nitrogens with zero attached hydrogens (tertiary/aromatic N) is 2. The molecule has 0 aliphatic carbocycles. The van der Waals surface area contributed by atoms with Gasteiger partial charge in [0, 0.05) is 42.4 Å². The van der Waals surface area contributed by atoms with Gasteiger partial charge in [0.25, 0.3) is 5.91 Å². The summed E-state index contributed by atoms with van der Waals surface area (Å²) in [4.78, 5) is 30.4. The maximum Gasteiger partial charge on any atom is 0.306 e. The molecule has 0 saturated heterocycles. The minimum absolute atomic E-state index is 0.0426. The molecule has 152 valence electrons. The molecule has 0 unspecified atom stereocenters. The molecule has 0 saturated carbocycles. The zero-order valence-corrected chi connectivity index (χ0v) is 18.8. The van der Waals surface area contributed by atoms with Crippen molar-refractivity contribution in [2.75, 3.05) is 13.6 Å². The van der Waals surface area contributed by atoms with E-state index in [1.54, 1.807) is 35.0 Å². The van der Waals surface area contributed by atoms with Crippen molar-refractivity contribution >= 4 is 35.0 Å². The Morgan fingerprint density at radius 2 is 1.89 bits per heavy atom. The highest BCUT2D eigenvalue weighted by Crippen LogP contribution is 2.26. The van der Waals surface area contributed by atoms with E-state index in [9.17, 15) is 9.59 Å². The lowest BCUT2D eigenvalue weighted by molar-refractivity contribution is -0.154. The van der Waals surface area contributed by atoms with Crippen molar-refractivity contribution < 1.29 is 14.3 Å². The normalized spacial score (nSPS) is 11.3. The molecule has 28 heavy (non-hydrogen) atoms. The molecule has 0 aliphatic heterocycles. The van der Waals surface area contributed by atoms with Gasteiger partial charge in [0.1, 0.15) is 9.94 Å². The summed E-state index contributed by atoms with van der Waals surface area (Å²) in [7, 11) is 1.76. The average molecular weight is 421 g/mol. The van der Waals surface area contributed by atoms with Crippen molar-refractivity contribution in [3.63, 3.8) is 0 Å². The molecular formula is C21H28N2O3S2. The van der Waals surface area contributed by atoms with Crippen LogP contribution in [0.1, 0.15) is 55.2 Å². The van der Waals surface area contributed by atoms with Gasteiger partial charge in [0.05, 0.1) is 0 Å². The van der Waals surface area contributed by atoms with Crippen LogP contribution in [0.25, 0.3) is 0 Å². The van der Waals surface area contributed by atoms with Crippen LogP contribution in [-0.4, -0.2) is 41.0 Å². The third-order valence-corrected chi connectivity index (χ3v) is 6.01. The smallest absolute Gasteiger partial charge is 0.306 e. The van der Waals surface area contributed by atoms with E-state index < -0.39 is 5.60 Å². The second-order valence-corrected chi connectivity index (χ2v) is 9.74. The van der Waals surface area contributed by atoms with Crippen LogP contribution in [0, 0.1) is 6.92 Å². The fourth-order valence-corrected chi connectivity index (χ4v) is 4.27. The predicted octanol–water partition coefficient (Wildman–Crippen LogP) is 4.94. The van der Waals surface area contributed by atoms with Crippen LogP contribution in [0.3, 0.4) is 0 Å². The van der Waals surface area contributed by atoms with Gasteiger partial charge in [-0.15, -0.1) is 11.3 Å². The van der Waals surface area contributed by atoms with Crippen molar-refractivity contribution in [3.05, 3.63) is 46.5 Å². The van der Waals surface area contributed by atoms with Gasteiger partial charge in [-0.25, -0.2) is 4.98 Å². The van der Waals surface area contributed by atoms with E-state index in [4.69, 9.17) is 4.74 Å². The Morgan fingerprint density at radius 3 is 2.46 bits per heavy atom. The van der Waals surface area contributed by atoms with E-state index in [0.29, 0.717) is 24.9 Å². The summed E-state index contributed by atoms with van der Waals surface area (Å²) >= 11 is 3.35. The Balaban J connectivity index is 1.78. The number of thiazole rings is 1. The van der Waals surface area contributed by atoms with E-state index in [0.717, 1.165) is 21.3 Å². The molecule has 0 bridgehead atoms. The highest BCUT2D eigenvalue weighted by Gasteiger charge is 2.17. The zero-order chi connectivity index (χ0) is 20.7. The van der Waals surface area contributed by atoms with Gasteiger partial charge in [-0.1, -0.05) is 23.9 Å².